The van der Waals surface area contributed by atoms with Gasteiger partial charge in [-0.2, -0.15) is 5.10 Å². The van der Waals surface area contributed by atoms with Crippen molar-refractivity contribution in [3.63, 3.8) is 0 Å². The first kappa shape index (κ1) is 17.1. The Bertz CT molecular complexity index is 1090. The summed E-state index contributed by atoms with van der Waals surface area (Å²) in [7, 11) is 1.67. The van der Waals surface area contributed by atoms with Crippen LogP contribution in [-0.4, -0.2) is 28.3 Å². The van der Waals surface area contributed by atoms with Crippen LogP contribution >= 0.6 is 11.3 Å². The van der Waals surface area contributed by atoms with E-state index < -0.39 is 0 Å². The summed E-state index contributed by atoms with van der Waals surface area (Å²) < 4.78 is 6.22. The number of aromatic nitrogens is 3. The highest BCUT2D eigenvalue weighted by Crippen LogP contribution is 2.40. The Hall–Kier alpha value is -3.32. The summed E-state index contributed by atoms with van der Waals surface area (Å²) in [6.07, 6.45) is 6.75. The number of anilines is 1. The van der Waals surface area contributed by atoms with Gasteiger partial charge in [0.25, 0.3) is 0 Å². The van der Waals surface area contributed by atoms with Crippen LogP contribution in [0.4, 0.5) is 5.82 Å². The predicted molar refractivity (Wildman–Crippen MR) is 110 cm³/mol. The Morgan fingerprint density at radius 3 is 2.74 bits per heavy atom. The van der Waals surface area contributed by atoms with Gasteiger partial charge in [-0.25, -0.2) is 9.97 Å². The van der Waals surface area contributed by atoms with Crippen molar-refractivity contribution in [1.29, 1.82) is 0 Å². The van der Waals surface area contributed by atoms with Gasteiger partial charge in [-0.1, -0.05) is 6.07 Å². The van der Waals surface area contributed by atoms with E-state index >= 15 is 0 Å². The fraction of sp³-hybridized carbons (Fsp3) is 0.100. The van der Waals surface area contributed by atoms with Crippen molar-refractivity contribution in [3.8, 4) is 16.2 Å². The quantitative estimate of drug-likeness (QED) is 0.410. The number of pyridine rings is 1. The van der Waals surface area contributed by atoms with Gasteiger partial charge in [0.1, 0.15) is 12.1 Å². The molecule has 0 aliphatic rings. The van der Waals surface area contributed by atoms with Crippen LogP contribution in [0.3, 0.4) is 0 Å². The largest absolute Gasteiger partial charge is 0.497 e. The second-order valence-corrected chi connectivity index (χ2v) is 6.86. The van der Waals surface area contributed by atoms with Crippen molar-refractivity contribution < 1.29 is 4.74 Å². The van der Waals surface area contributed by atoms with E-state index in [1.807, 2.05) is 24.3 Å². The topological polar surface area (TPSA) is 72.3 Å². The number of fused-ring (bicyclic) bond motifs is 1. The van der Waals surface area contributed by atoms with Gasteiger partial charge < -0.3 is 4.74 Å². The van der Waals surface area contributed by atoms with E-state index in [9.17, 15) is 0 Å². The number of nitrogens with zero attached hydrogens (tertiary/aromatic N) is 4. The van der Waals surface area contributed by atoms with Crippen LogP contribution in [-0.2, 0) is 0 Å². The van der Waals surface area contributed by atoms with Crippen LogP contribution in [0, 0.1) is 6.92 Å². The Labute approximate surface area is 160 Å². The zero-order chi connectivity index (χ0) is 18.6. The number of hydrazone groups is 1. The lowest BCUT2D eigenvalue weighted by Gasteiger charge is -2.02. The molecule has 0 aliphatic carbocycles. The highest BCUT2D eigenvalue weighted by molar-refractivity contribution is 7.23. The standard InChI is InChI=1S/C20H17N5OS/c1-13-17-19(27-18(13)15-5-7-16(26-2)8-6-15)20(23-12-22-17)25-24-11-14-4-3-9-21-10-14/h3-12H,1-2H3,(H,22,23,25). The molecule has 0 amide bonds. The molecule has 6 nitrogen and oxygen atoms in total. The summed E-state index contributed by atoms with van der Waals surface area (Å²) in [5, 5.41) is 4.28. The number of rotatable bonds is 5. The molecule has 27 heavy (non-hydrogen) atoms. The number of hydrogen-bond donors (Lipinski definition) is 1. The summed E-state index contributed by atoms with van der Waals surface area (Å²) in [6.45, 7) is 2.08. The van der Waals surface area contributed by atoms with Gasteiger partial charge in [-0.3, -0.25) is 10.4 Å². The molecule has 1 N–H and O–H groups in total. The van der Waals surface area contributed by atoms with E-state index in [0.29, 0.717) is 5.82 Å². The van der Waals surface area contributed by atoms with E-state index in [1.54, 1.807) is 43.4 Å². The highest BCUT2D eigenvalue weighted by atomic mass is 32.1. The number of aryl methyl sites for hydroxylation is 1. The highest BCUT2D eigenvalue weighted by Gasteiger charge is 2.15. The van der Waals surface area contributed by atoms with Crippen LogP contribution in [0.25, 0.3) is 20.7 Å². The molecule has 0 aliphatic heterocycles. The third-order valence-corrected chi connectivity index (χ3v) is 5.46. The molecule has 0 unspecified atom stereocenters. The zero-order valence-corrected chi connectivity index (χ0v) is 15.7. The number of thiophene rings is 1. The molecule has 3 aromatic heterocycles. The van der Waals surface area contributed by atoms with Gasteiger partial charge in [0.2, 0.25) is 0 Å². The van der Waals surface area contributed by atoms with Gasteiger partial charge >= 0.3 is 0 Å². The second kappa shape index (κ2) is 7.51. The first-order valence-electron chi connectivity index (χ1n) is 8.34. The maximum Gasteiger partial charge on any atom is 0.167 e. The van der Waals surface area contributed by atoms with Crippen LogP contribution < -0.4 is 10.2 Å². The molecule has 0 radical (unpaired) electrons. The first-order valence-corrected chi connectivity index (χ1v) is 9.15. The molecule has 1 aromatic carbocycles. The molecule has 0 saturated heterocycles. The van der Waals surface area contributed by atoms with E-state index in [1.165, 1.54) is 0 Å². The normalized spacial score (nSPS) is 11.2. The van der Waals surface area contributed by atoms with E-state index in [2.05, 4.69) is 44.5 Å². The smallest absolute Gasteiger partial charge is 0.167 e. The fourth-order valence-electron chi connectivity index (χ4n) is 2.74. The van der Waals surface area contributed by atoms with Crippen LogP contribution in [0.1, 0.15) is 11.1 Å². The average molecular weight is 375 g/mol. The number of hydrogen-bond acceptors (Lipinski definition) is 7. The van der Waals surface area contributed by atoms with Crippen molar-refractivity contribution in [2.45, 2.75) is 6.92 Å². The molecular weight excluding hydrogens is 358 g/mol. The molecule has 134 valence electrons. The molecule has 0 spiro atoms. The molecular formula is C20H17N5OS. The van der Waals surface area contributed by atoms with Gasteiger partial charge in [0.05, 0.1) is 23.5 Å². The van der Waals surface area contributed by atoms with Gasteiger partial charge in [0, 0.05) is 22.8 Å². The summed E-state index contributed by atoms with van der Waals surface area (Å²) in [5.41, 5.74) is 7.12. The van der Waals surface area contributed by atoms with E-state index in [0.717, 1.165) is 37.5 Å². The lowest BCUT2D eigenvalue weighted by atomic mass is 10.1. The average Bonchev–Trinajstić information content (AvgIpc) is 3.06. The maximum atomic E-state index is 5.24. The monoisotopic (exact) mass is 375 g/mol. The summed E-state index contributed by atoms with van der Waals surface area (Å²) in [4.78, 5) is 14.0. The minimum atomic E-state index is 0.688. The summed E-state index contributed by atoms with van der Waals surface area (Å²) in [5.74, 6) is 1.53. The van der Waals surface area contributed by atoms with Crippen LogP contribution in [0.5, 0.6) is 5.75 Å². The summed E-state index contributed by atoms with van der Waals surface area (Å²) >= 11 is 1.65. The number of ether oxygens (including phenoxy) is 1. The van der Waals surface area contributed by atoms with Crippen molar-refractivity contribution in [2.75, 3.05) is 12.5 Å². The van der Waals surface area contributed by atoms with Crippen molar-refractivity contribution in [2.24, 2.45) is 5.10 Å². The minimum absolute atomic E-state index is 0.688. The first-order chi connectivity index (χ1) is 13.3. The molecule has 0 bridgehead atoms. The zero-order valence-electron chi connectivity index (χ0n) is 14.9. The van der Waals surface area contributed by atoms with Crippen molar-refractivity contribution >= 4 is 33.6 Å². The Morgan fingerprint density at radius 2 is 2.00 bits per heavy atom. The summed E-state index contributed by atoms with van der Waals surface area (Å²) in [6, 6.07) is 11.8. The third kappa shape index (κ3) is 3.50. The molecule has 0 fully saturated rings. The lowest BCUT2D eigenvalue weighted by Crippen LogP contribution is -1.94. The fourth-order valence-corrected chi connectivity index (χ4v) is 3.95. The minimum Gasteiger partial charge on any atom is -0.497 e. The molecule has 4 aromatic rings. The van der Waals surface area contributed by atoms with Crippen LogP contribution in [0.2, 0.25) is 0 Å². The predicted octanol–water partition coefficient (Wildman–Crippen LogP) is 4.52. The molecule has 0 saturated carbocycles. The van der Waals surface area contributed by atoms with E-state index in [-0.39, 0.29) is 0 Å². The van der Waals surface area contributed by atoms with Crippen molar-refractivity contribution in [1.82, 2.24) is 15.0 Å². The molecule has 3 heterocycles. The van der Waals surface area contributed by atoms with Gasteiger partial charge in [-0.15, -0.1) is 11.3 Å². The Balaban J connectivity index is 1.67. The Morgan fingerprint density at radius 1 is 1.15 bits per heavy atom. The molecule has 4 rings (SSSR count). The third-order valence-electron chi connectivity index (χ3n) is 4.12. The number of methoxy groups -OCH3 is 1. The number of nitrogens with one attached hydrogen (secondary N) is 1. The van der Waals surface area contributed by atoms with E-state index in [4.69, 9.17) is 4.74 Å². The van der Waals surface area contributed by atoms with Crippen molar-refractivity contribution in [3.05, 3.63) is 66.2 Å². The van der Waals surface area contributed by atoms with Gasteiger partial charge in [0.15, 0.2) is 5.82 Å². The van der Waals surface area contributed by atoms with Gasteiger partial charge in [-0.05, 0) is 48.4 Å². The lowest BCUT2D eigenvalue weighted by molar-refractivity contribution is 0.415. The SMILES string of the molecule is COc1ccc(-c2sc3c(NN=Cc4cccnc4)ncnc3c2C)cc1. The Kier molecular flexibility index (Phi) is 4.76. The number of benzene rings is 1. The maximum absolute atomic E-state index is 5.24. The second-order valence-electron chi connectivity index (χ2n) is 5.84. The molecule has 7 heteroatoms. The molecule has 0 atom stereocenters. The van der Waals surface area contributed by atoms with Crippen LogP contribution in [0.15, 0.2) is 60.2 Å².